The number of amides is 1. The molecule has 3 aromatic rings. The van der Waals surface area contributed by atoms with E-state index in [1.54, 1.807) is 0 Å². The molecule has 1 N–H and O–H groups in total. The first-order valence-electron chi connectivity index (χ1n) is 16.9. The second-order valence-corrected chi connectivity index (χ2v) is 18.9. The summed E-state index contributed by atoms with van der Waals surface area (Å²) in [4.78, 5) is 18.7. The minimum Gasteiger partial charge on any atom is -0.741 e. The quantitative estimate of drug-likeness (QED) is 0.0719. The molecular formula is C36H39CuF6N2O7PS2. The van der Waals surface area contributed by atoms with Crippen LogP contribution in [-0.4, -0.2) is 60.7 Å². The van der Waals surface area contributed by atoms with Crippen molar-refractivity contribution in [2.75, 3.05) is 0 Å². The topological polar surface area (TPSA) is 156 Å². The second-order valence-electron chi connectivity index (χ2n) is 14.0. The van der Waals surface area contributed by atoms with Gasteiger partial charge in [-0.15, -0.1) is 0 Å². The summed E-state index contributed by atoms with van der Waals surface area (Å²) in [6.45, 7) is 4.24. The number of aliphatic imine (C=N–C) groups is 1. The number of halogens is 6. The first-order valence-corrected chi connectivity index (χ1v) is 21.0. The summed E-state index contributed by atoms with van der Waals surface area (Å²) in [7, 11) is -12.9. The van der Waals surface area contributed by atoms with Crippen LogP contribution in [0.25, 0.3) is 0 Å². The predicted octanol–water partition coefficient (Wildman–Crippen LogP) is 6.07. The fourth-order valence-electron chi connectivity index (χ4n) is 7.68. The van der Waals surface area contributed by atoms with Crippen molar-refractivity contribution < 1.29 is 74.1 Å². The van der Waals surface area contributed by atoms with Gasteiger partial charge in [-0.05, 0) is 86.0 Å². The van der Waals surface area contributed by atoms with E-state index < -0.39 is 39.2 Å². The molecule has 4 bridgehead atoms. The van der Waals surface area contributed by atoms with Gasteiger partial charge in [-0.3, -0.25) is 9.79 Å². The largest absolute Gasteiger partial charge is 2.00 e. The van der Waals surface area contributed by atoms with Crippen LogP contribution in [0.4, 0.5) is 26.3 Å². The Balaban J connectivity index is 0.000000403. The average Bonchev–Trinajstić information content (AvgIpc) is 3.04. The van der Waals surface area contributed by atoms with Crippen LogP contribution in [-0.2, 0) is 42.1 Å². The van der Waals surface area contributed by atoms with Crippen molar-refractivity contribution in [3.63, 3.8) is 0 Å². The van der Waals surface area contributed by atoms with Crippen LogP contribution in [0.2, 0.25) is 0 Å². The second kappa shape index (κ2) is 18.6. The van der Waals surface area contributed by atoms with Gasteiger partial charge in [0.15, 0.2) is 20.2 Å². The maximum absolute atomic E-state index is 13.7. The van der Waals surface area contributed by atoms with Crippen molar-refractivity contribution in [1.29, 1.82) is 0 Å². The molecule has 3 aromatic carbocycles. The Morgan fingerprint density at radius 1 is 0.745 bits per heavy atom. The molecule has 1 radical (unpaired) electrons. The van der Waals surface area contributed by atoms with Gasteiger partial charge in [-0.2, -0.15) is 26.3 Å². The fraction of sp³-hybridized carbons (Fsp3) is 0.444. The van der Waals surface area contributed by atoms with Crippen LogP contribution in [0.1, 0.15) is 57.9 Å². The van der Waals surface area contributed by atoms with Crippen molar-refractivity contribution in [3.8, 4) is 0 Å². The normalized spacial score (nSPS) is 22.6. The standard InChI is InChI=1S/C34H39N2OP.2CHF3O3S.Cu/c1-24(2)32(33(37)36-34-20-25-17-26(21-34)19-27(18-25)22-34)35-23-28-11-9-10-16-31(28)38(29-12-5-3-6-13-29)30-14-7-4-8-15-30;2*2-1(3,4)8(5,6)7;/h3-16,23-27,32H,17-22H2,1-2H3,(H,36,37);2*(H,5,6,7);/q;;;+2/p-2/t25?,26?,27?,32-,34?;;;/m0.../s1. The summed E-state index contributed by atoms with van der Waals surface area (Å²) in [5.41, 5.74) is -10.2. The third-order valence-corrected chi connectivity index (χ3v) is 13.1. The SMILES string of the molecule is CC(C)[C@H](N=Cc1ccccc1P(c1ccccc1)c1ccccc1)C(=O)NC12CC3CC(CC(C3)C1)C2.O=S(=O)([O-])C(F)(F)F.O=S(=O)([O-])C(F)(F)F.[Cu+2]. The van der Waals surface area contributed by atoms with Crippen molar-refractivity contribution in [3.05, 3.63) is 90.5 Å². The molecule has 305 valence electrons. The molecule has 55 heavy (non-hydrogen) atoms. The zero-order chi connectivity index (χ0) is 40.1. The number of hydrogen-bond donors (Lipinski definition) is 1. The molecule has 1 amide bonds. The molecular weight excluding hydrogens is 845 g/mol. The summed E-state index contributed by atoms with van der Waals surface area (Å²) in [6, 6.07) is 29.7. The van der Waals surface area contributed by atoms with E-state index in [0.717, 1.165) is 23.3 Å². The molecule has 0 unspecified atom stereocenters. The van der Waals surface area contributed by atoms with Gasteiger partial charge in [0.1, 0.15) is 6.04 Å². The minimum absolute atomic E-state index is 0. The Morgan fingerprint density at radius 2 is 1.11 bits per heavy atom. The Labute approximate surface area is 328 Å². The van der Waals surface area contributed by atoms with E-state index in [1.165, 1.54) is 54.4 Å². The van der Waals surface area contributed by atoms with Crippen molar-refractivity contribution >= 4 is 56.2 Å². The Morgan fingerprint density at radius 3 is 1.47 bits per heavy atom. The molecule has 0 spiro atoms. The molecule has 7 rings (SSSR count). The van der Waals surface area contributed by atoms with Gasteiger partial charge in [0.25, 0.3) is 0 Å². The number of benzene rings is 3. The van der Waals surface area contributed by atoms with E-state index in [1.807, 2.05) is 6.21 Å². The van der Waals surface area contributed by atoms with E-state index in [2.05, 4.69) is 104 Å². The van der Waals surface area contributed by atoms with Crippen LogP contribution in [0, 0.1) is 23.7 Å². The number of carbonyl (C=O) groups excluding carboxylic acids is 1. The molecule has 0 aromatic heterocycles. The maximum atomic E-state index is 13.7. The van der Waals surface area contributed by atoms with Crippen molar-refractivity contribution in [2.24, 2.45) is 28.7 Å². The first-order chi connectivity index (χ1) is 25.0. The van der Waals surface area contributed by atoms with Gasteiger partial charge in [0, 0.05) is 17.3 Å². The number of alkyl halides is 6. The molecule has 4 saturated carbocycles. The van der Waals surface area contributed by atoms with Gasteiger partial charge in [-0.25, -0.2) is 16.8 Å². The number of nitrogens with one attached hydrogen (secondary N) is 1. The molecule has 4 fully saturated rings. The van der Waals surface area contributed by atoms with Crippen molar-refractivity contribution in [1.82, 2.24) is 5.32 Å². The molecule has 9 nitrogen and oxygen atoms in total. The van der Waals surface area contributed by atoms with Gasteiger partial charge in [-0.1, -0.05) is 98.8 Å². The van der Waals surface area contributed by atoms with Gasteiger partial charge in [0.2, 0.25) is 5.91 Å². The average molecular weight is 884 g/mol. The molecule has 0 saturated heterocycles. The van der Waals surface area contributed by atoms with Gasteiger partial charge < -0.3 is 14.4 Å². The number of nitrogens with zero attached hydrogens (tertiary/aromatic N) is 1. The Bertz CT molecular complexity index is 1870. The van der Waals surface area contributed by atoms with E-state index in [-0.39, 0.29) is 40.5 Å². The van der Waals surface area contributed by atoms with Crippen LogP contribution < -0.4 is 21.2 Å². The van der Waals surface area contributed by atoms with E-state index in [0.29, 0.717) is 0 Å². The van der Waals surface area contributed by atoms with Crippen LogP contribution in [0.5, 0.6) is 0 Å². The van der Waals surface area contributed by atoms with E-state index >= 15 is 0 Å². The third kappa shape index (κ3) is 12.6. The molecule has 4 aliphatic rings. The molecule has 19 heteroatoms. The molecule has 1 atom stereocenters. The summed E-state index contributed by atoms with van der Waals surface area (Å²) in [5.74, 6) is 2.68. The zero-order valence-corrected chi connectivity index (χ0v) is 32.9. The van der Waals surface area contributed by atoms with E-state index in [4.69, 9.17) is 30.9 Å². The third-order valence-electron chi connectivity index (χ3n) is 9.47. The van der Waals surface area contributed by atoms with E-state index in [9.17, 15) is 31.1 Å². The Kier molecular flexibility index (Phi) is 15.7. The zero-order valence-electron chi connectivity index (χ0n) is 29.4. The predicted molar refractivity (Wildman–Crippen MR) is 192 cm³/mol. The summed E-state index contributed by atoms with van der Waals surface area (Å²) >= 11 is 0. The number of carbonyl (C=O) groups is 1. The summed E-state index contributed by atoms with van der Waals surface area (Å²) in [6.07, 6.45) is 9.61. The number of rotatable bonds is 8. The Hall–Kier alpha value is -2.85. The van der Waals surface area contributed by atoms with Crippen LogP contribution in [0.15, 0.2) is 89.9 Å². The monoisotopic (exact) mass is 883 g/mol. The van der Waals surface area contributed by atoms with Gasteiger partial charge in [0.05, 0.1) is 0 Å². The van der Waals surface area contributed by atoms with Gasteiger partial charge >= 0.3 is 28.1 Å². The molecule has 4 aliphatic carbocycles. The van der Waals surface area contributed by atoms with Crippen LogP contribution >= 0.6 is 7.92 Å². The van der Waals surface area contributed by atoms with Crippen molar-refractivity contribution in [2.45, 2.75) is 75.0 Å². The smallest absolute Gasteiger partial charge is 0.741 e. The molecule has 0 heterocycles. The first kappa shape index (κ1) is 46.5. The molecule has 0 aliphatic heterocycles. The summed E-state index contributed by atoms with van der Waals surface area (Å²) < 4.78 is 118. The van der Waals surface area contributed by atoms with Crippen LogP contribution in [0.3, 0.4) is 0 Å². The fourth-order valence-corrected chi connectivity index (χ4v) is 10.1. The maximum Gasteiger partial charge on any atom is 2.00 e. The minimum atomic E-state index is -6.09. The summed E-state index contributed by atoms with van der Waals surface area (Å²) in [5, 5.41) is 7.48. The number of hydrogen-bond acceptors (Lipinski definition) is 8.